The molecule has 0 aliphatic heterocycles. The number of carbonyl (C=O) groups excluding carboxylic acids is 1. The number of hydrogen-bond acceptors (Lipinski definition) is 5. The number of hydrogen-bond donors (Lipinski definition) is 3. The lowest BCUT2D eigenvalue weighted by molar-refractivity contribution is 0.237. The number of sulfonamides is 1. The molecule has 9 heteroatoms. The molecule has 26 heavy (non-hydrogen) atoms. The molecule has 0 aliphatic rings. The second-order valence-electron chi connectivity index (χ2n) is 5.74. The number of nitrogens with zero attached hydrogens (tertiary/aromatic N) is 1. The Hall–Kier alpha value is -2.49. The van der Waals surface area contributed by atoms with E-state index in [4.69, 9.17) is 5.14 Å². The normalized spacial score (nSPS) is 12.7. The number of fused-ring (bicyclic) bond motifs is 1. The largest absolute Gasteiger partial charge is 0.332 e. The number of aromatic nitrogens is 1. The van der Waals surface area contributed by atoms with Gasteiger partial charge in [0.05, 0.1) is 27.7 Å². The van der Waals surface area contributed by atoms with E-state index in [9.17, 15) is 13.2 Å². The van der Waals surface area contributed by atoms with Gasteiger partial charge in [0.2, 0.25) is 10.0 Å². The molecule has 136 valence electrons. The van der Waals surface area contributed by atoms with Crippen molar-refractivity contribution in [3.63, 3.8) is 0 Å². The Balaban J connectivity index is 1.60. The number of carbonyl (C=O) groups is 1. The number of benzene rings is 2. The van der Waals surface area contributed by atoms with E-state index in [1.54, 1.807) is 19.1 Å². The van der Waals surface area contributed by atoms with Crippen LogP contribution in [0.4, 0.5) is 4.79 Å². The highest BCUT2D eigenvalue weighted by atomic mass is 32.2. The van der Waals surface area contributed by atoms with Gasteiger partial charge < -0.3 is 10.6 Å². The van der Waals surface area contributed by atoms with Crippen molar-refractivity contribution < 1.29 is 13.2 Å². The van der Waals surface area contributed by atoms with Crippen molar-refractivity contribution in [1.29, 1.82) is 0 Å². The van der Waals surface area contributed by atoms with Gasteiger partial charge in [0.1, 0.15) is 5.01 Å². The first-order chi connectivity index (χ1) is 12.3. The van der Waals surface area contributed by atoms with E-state index >= 15 is 0 Å². The SMILES string of the molecule is CC(NC(=O)NCc1nc2ccccc2s1)c1cccc(S(N)(=O)=O)c1. The third-order valence-electron chi connectivity index (χ3n) is 3.77. The molecule has 4 N–H and O–H groups in total. The molecule has 0 radical (unpaired) electrons. The summed E-state index contributed by atoms with van der Waals surface area (Å²) in [7, 11) is -3.78. The fourth-order valence-electron chi connectivity index (χ4n) is 2.44. The summed E-state index contributed by atoms with van der Waals surface area (Å²) in [6.07, 6.45) is 0. The van der Waals surface area contributed by atoms with Crippen LogP contribution in [0.3, 0.4) is 0 Å². The lowest BCUT2D eigenvalue weighted by Gasteiger charge is -2.15. The van der Waals surface area contributed by atoms with Crippen molar-refractivity contribution in [2.45, 2.75) is 24.4 Å². The topological polar surface area (TPSA) is 114 Å². The van der Waals surface area contributed by atoms with Crippen molar-refractivity contribution in [1.82, 2.24) is 15.6 Å². The van der Waals surface area contributed by atoms with Crippen LogP contribution in [-0.2, 0) is 16.6 Å². The summed E-state index contributed by atoms with van der Waals surface area (Å²) in [6, 6.07) is 13.2. The summed E-state index contributed by atoms with van der Waals surface area (Å²) in [4.78, 5) is 16.6. The van der Waals surface area contributed by atoms with Gasteiger partial charge in [0.25, 0.3) is 0 Å². The lowest BCUT2D eigenvalue weighted by atomic mass is 10.1. The number of urea groups is 1. The number of nitrogens with one attached hydrogen (secondary N) is 2. The van der Waals surface area contributed by atoms with Crippen LogP contribution in [0, 0.1) is 0 Å². The van der Waals surface area contributed by atoms with E-state index in [1.165, 1.54) is 23.5 Å². The number of primary sulfonamides is 1. The highest BCUT2D eigenvalue weighted by Gasteiger charge is 2.14. The first-order valence-corrected chi connectivity index (χ1v) is 10.2. The zero-order valence-electron chi connectivity index (χ0n) is 14.0. The zero-order chi connectivity index (χ0) is 18.7. The molecule has 0 fully saturated rings. The third kappa shape index (κ3) is 4.37. The predicted octanol–water partition coefficient (Wildman–Crippen LogP) is 2.50. The number of nitrogens with two attached hydrogens (primary N) is 1. The second-order valence-corrected chi connectivity index (χ2v) is 8.42. The molecule has 0 aliphatic carbocycles. The molecule has 2 amide bonds. The predicted molar refractivity (Wildman–Crippen MR) is 101 cm³/mol. The molecule has 7 nitrogen and oxygen atoms in total. The minimum atomic E-state index is -3.78. The standard InChI is InChI=1S/C17H18N4O3S2/c1-11(12-5-4-6-13(9-12)26(18,23)24)20-17(22)19-10-16-21-14-7-2-3-8-15(14)25-16/h2-9,11H,10H2,1H3,(H2,18,23,24)(H2,19,20,22). The van der Waals surface area contributed by atoms with Crippen LogP contribution >= 0.6 is 11.3 Å². The summed E-state index contributed by atoms with van der Waals surface area (Å²) >= 11 is 1.53. The Morgan fingerprint density at radius 2 is 2.00 bits per heavy atom. The summed E-state index contributed by atoms with van der Waals surface area (Å²) in [5.74, 6) is 0. The molecule has 0 saturated heterocycles. The summed E-state index contributed by atoms with van der Waals surface area (Å²) in [6.45, 7) is 2.08. The van der Waals surface area contributed by atoms with Gasteiger partial charge in [-0.15, -0.1) is 11.3 Å². The van der Waals surface area contributed by atoms with E-state index in [0.717, 1.165) is 15.2 Å². The maximum absolute atomic E-state index is 12.1. The Morgan fingerprint density at radius 3 is 2.73 bits per heavy atom. The van der Waals surface area contributed by atoms with Crippen LogP contribution in [0.15, 0.2) is 53.4 Å². The molecular formula is C17H18N4O3S2. The van der Waals surface area contributed by atoms with Gasteiger partial charge in [-0.1, -0.05) is 24.3 Å². The van der Waals surface area contributed by atoms with Gasteiger partial charge in [-0.25, -0.2) is 23.3 Å². The highest BCUT2D eigenvalue weighted by molar-refractivity contribution is 7.89. The van der Waals surface area contributed by atoms with Gasteiger partial charge in [0, 0.05) is 0 Å². The van der Waals surface area contributed by atoms with Crippen LogP contribution in [0.25, 0.3) is 10.2 Å². The molecule has 0 saturated carbocycles. The number of rotatable bonds is 5. The molecule has 1 atom stereocenters. The number of amides is 2. The van der Waals surface area contributed by atoms with Crippen molar-refractivity contribution >= 4 is 37.6 Å². The van der Waals surface area contributed by atoms with Gasteiger partial charge >= 0.3 is 6.03 Å². The Morgan fingerprint density at radius 1 is 1.23 bits per heavy atom. The van der Waals surface area contributed by atoms with Crippen molar-refractivity contribution in [3.8, 4) is 0 Å². The molecule has 2 aromatic carbocycles. The fourth-order valence-corrected chi connectivity index (χ4v) is 3.92. The van der Waals surface area contributed by atoms with Crippen LogP contribution in [0.5, 0.6) is 0 Å². The molecule has 1 unspecified atom stereocenters. The smallest absolute Gasteiger partial charge is 0.315 e. The van der Waals surface area contributed by atoms with Crippen LogP contribution in [-0.4, -0.2) is 19.4 Å². The molecule has 0 bridgehead atoms. The molecule has 0 spiro atoms. The van der Waals surface area contributed by atoms with E-state index in [2.05, 4.69) is 15.6 Å². The maximum atomic E-state index is 12.1. The van der Waals surface area contributed by atoms with E-state index in [-0.39, 0.29) is 17.0 Å². The maximum Gasteiger partial charge on any atom is 0.315 e. The average Bonchev–Trinajstić information content (AvgIpc) is 3.02. The monoisotopic (exact) mass is 390 g/mol. The first kappa shape index (κ1) is 18.3. The molecule has 3 rings (SSSR count). The minimum Gasteiger partial charge on any atom is -0.332 e. The van der Waals surface area contributed by atoms with Crippen molar-refractivity contribution in [3.05, 3.63) is 59.1 Å². The first-order valence-electron chi connectivity index (χ1n) is 7.84. The summed E-state index contributed by atoms with van der Waals surface area (Å²) in [5.41, 5.74) is 1.55. The number of para-hydroxylation sites is 1. The van der Waals surface area contributed by atoms with E-state index < -0.39 is 10.0 Å². The summed E-state index contributed by atoms with van der Waals surface area (Å²) < 4.78 is 23.9. The molecule has 1 heterocycles. The molecular weight excluding hydrogens is 372 g/mol. The van der Waals surface area contributed by atoms with Crippen LogP contribution in [0.1, 0.15) is 23.5 Å². The highest BCUT2D eigenvalue weighted by Crippen LogP contribution is 2.21. The van der Waals surface area contributed by atoms with Gasteiger partial charge in [-0.05, 0) is 36.8 Å². The van der Waals surface area contributed by atoms with Gasteiger partial charge in [0.15, 0.2) is 0 Å². The van der Waals surface area contributed by atoms with Crippen molar-refractivity contribution in [2.75, 3.05) is 0 Å². The second kappa shape index (κ2) is 7.40. The van der Waals surface area contributed by atoms with E-state index in [0.29, 0.717) is 12.1 Å². The lowest BCUT2D eigenvalue weighted by Crippen LogP contribution is -2.36. The summed E-state index contributed by atoms with van der Waals surface area (Å²) in [5, 5.41) is 11.5. The quantitative estimate of drug-likeness (QED) is 0.621. The Bertz CT molecular complexity index is 1010. The van der Waals surface area contributed by atoms with Gasteiger partial charge in [-0.3, -0.25) is 0 Å². The van der Waals surface area contributed by atoms with Crippen LogP contribution < -0.4 is 15.8 Å². The third-order valence-corrected chi connectivity index (χ3v) is 5.72. The molecule has 1 aromatic heterocycles. The zero-order valence-corrected chi connectivity index (χ0v) is 15.6. The Labute approximate surface area is 155 Å². The van der Waals surface area contributed by atoms with Gasteiger partial charge in [-0.2, -0.15) is 0 Å². The number of thiazole rings is 1. The minimum absolute atomic E-state index is 0.0125. The average molecular weight is 390 g/mol. The molecule has 3 aromatic rings. The fraction of sp³-hybridized carbons (Fsp3) is 0.176. The van der Waals surface area contributed by atoms with Crippen molar-refractivity contribution in [2.24, 2.45) is 5.14 Å². The Kier molecular flexibility index (Phi) is 5.21. The van der Waals surface area contributed by atoms with E-state index in [1.807, 2.05) is 24.3 Å². The van der Waals surface area contributed by atoms with Crippen LogP contribution in [0.2, 0.25) is 0 Å².